The molecule has 0 aliphatic carbocycles. The molecule has 0 bridgehead atoms. The number of hydrogen-bond acceptors (Lipinski definition) is 6. The Morgan fingerprint density at radius 1 is 0.362 bits per heavy atom. The fraction of sp³-hybridized carbons (Fsp3) is 0.712. The molecule has 6 heteroatoms. The molecule has 0 aromatic carbocycles. The zero-order valence-corrected chi connectivity index (χ0v) is 37.8. The summed E-state index contributed by atoms with van der Waals surface area (Å²) < 4.78 is 16.6. The first-order valence-corrected chi connectivity index (χ1v) is 23.9. The Kier molecular flexibility index (Phi) is 44.0. The quantitative estimate of drug-likeness (QED) is 0.0264. The summed E-state index contributed by atoms with van der Waals surface area (Å²) in [5.41, 5.74) is 0. The number of carbonyl (C=O) groups is 3. The fourth-order valence-electron chi connectivity index (χ4n) is 6.37. The van der Waals surface area contributed by atoms with Crippen molar-refractivity contribution in [2.45, 2.75) is 226 Å². The predicted octanol–water partition coefficient (Wildman–Crippen LogP) is 15.5. The first-order valence-electron chi connectivity index (χ1n) is 23.9. The van der Waals surface area contributed by atoms with Crippen molar-refractivity contribution in [1.82, 2.24) is 0 Å². The molecule has 58 heavy (non-hydrogen) atoms. The summed E-state index contributed by atoms with van der Waals surface area (Å²) in [7, 11) is 0. The van der Waals surface area contributed by atoms with Crippen LogP contribution in [0.15, 0.2) is 72.9 Å². The monoisotopic (exact) mass is 809 g/mol. The second kappa shape index (κ2) is 46.5. The molecule has 0 aromatic heterocycles. The summed E-state index contributed by atoms with van der Waals surface area (Å²) in [4.78, 5) is 37.7. The predicted molar refractivity (Wildman–Crippen MR) is 247 cm³/mol. The van der Waals surface area contributed by atoms with Crippen LogP contribution in [0.5, 0.6) is 0 Å². The lowest BCUT2D eigenvalue weighted by Crippen LogP contribution is -2.30. The van der Waals surface area contributed by atoms with Crippen molar-refractivity contribution in [3.63, 3.8) is 0 Å². The van der Waals surface area contributed by atoms with Gasteiger partial charge in [0.05, 0.1) is 0 Å². The Hall–Kier alpha value is -3.15. The number of hydrogen-bond donors (Lipinski definition) is 0. The van der Waals surface area contributed by atoms with Gasteiger partial charge in [-0.3, -0.25) is 14.4 Å². The summed E-state index contributed by atoms with van der Waals surface area (Å²) in [5.74, 6) is -1.00. The molecule has 0 spiro atoms. The Bertz CT molecular complexity index is 1110. The van der Waals surface area contributed by atoms with Crippen LogP contribution in [0, 0.1) is 0 Å². The smallest absolute Gasteiger partial charge is 0.306 e. The van der Waals surface area contributed by atoms with Crippen molar-refractivity contribution < 1.29 is 28.6 Å². The molecule has 0 N–H and O–H groups in total. The normalized spacial score (nSPS) is 12.7. The van der Waals surface area contributed by atoms with Crippen molar-refractivity contribution in [1.29, 1.82) is 0 Å². The number of esters is 3. The summed E-state index contributed by atoms with van der Waals surface area (Å²) >= 11 is 0. The van der Waals surface area contributed by atoms with Gasteiger partial charge in [0.25, 0.3) is 0 Å². The molecule has 0 amide bonds. The molecule has 0 radical (unpaired) electrons. The molecule has 0 fully saturated rings. The maximum Gasteiger partial charge on any atom is 0.306 e. The number of unbranched alkanes of at least 4 members (excludes halogenated alkanes) is 19. The molecule has 0 rings (SSSR count). The molecule has 0 aliphatic rings. The van der Waals surface area contributed by atoms with Gasteiger partial charge in [0.2, 0.25) is 0 Å². The van der Waals surface area contributed by atoms with E-state index in [-0.39, 0.29) is 31.6 Å². The van der Waals surface area contributed by atoms with Gasteiger partial charge in [-0.1, -0.05) is 196 Å². The lowest BCUT2D eigenvalue weighted by atomic mass is 10.1. The van der Waals surface area contributed by atoms with Crippen molar-refractivity contribution in [3.05, 3.63) is 72.9 Å². The molecule has 0 saturated heterocycles. The second-order valence-electron chi connectivity index (χ2n) is 15.6. The number of carbonyl (C=O) groups excluding carboxylic acids is 3. The first kappa shape index (κ1) is 54.9. The van der Waals surface area contributed by atoms with Crippen molar-refractivity contribution in [3.8, 4) is 0 Å². The van der Waals surface area contributed by atoms with E-state index in [4.69, 9.17) is 14.2 Å². The molecule has 0 saturated carbocycles. The van der Waals surface area contributed by atoms with E-state index in [1.165, 1.54) is 96.3 Å². The topological polar surface area (TPSA) is 78.9 Å². The van der Waals surface area contributed by atoms with Gasteiger partial charge in [0.1, 0.15) is 13.2 Å². The van der Waals surface area contributed by atoms with Crippen LogP contribution in [-0.2, 0) is 28.6 Å². The van der Waals surface area contributed by atoms with Gasteiger partial charge in [0, 0.05) is 19.3 Å². The highest BCUT2D eigenvalue weighted by atomic mass is 16.6. The molecule has 1 unspecified atom stereocenters. The van der Waals surface area contributed by atoms with Crippen LogP contribution in [0.3, 0.4) is 0 Å². The molecule has 0 aliphatic heterocycles. The highest BCUT2D eigenvalue weighted by Crippen LogP contribution is 2.13. The first-order chi connectivity index (χ1) is 28.5. The van der Waals surface area contributed by atoms with Crippen LogP contribution in [0.4, 0.5) is 0 Å². The lowest BCUT2D eigenvalue weighted by Gasteiger charge is -2.18. The van der Waals surface area contributed by atoms with Crippen LogP contribution in [0.25, 0.3) is 0 Å². The van der Waals surface area contributed by atoms with E-state index in [1.807, 2.05) is 12.2 Å². The van der Waals surface area contributed by atoms with Gasteiger partial charge < -0.3 is 14.2 Å². The van der Waals surface area contributed by atoms with Crippen molar-refractivity contribution in [2.75, 3.05) is 13.2 Å². The van der Waals surface area contributed by atoms with Crippen LogP contribution < -0.4 is 0 Å². The molecular formula is C52H88O6. The highest BCUT2D eigenvalue weighted by Gasteiger charge is 2.19. The molecule has 6 nitrogen and oxygen atoms in total. The highest BCUT2D eigenvalue weighted by molar-refractivity contribution is 5.71. The van der Waals surface area contributed by atoms with Gasteiger partial charge in [-0.2, -0.15) is 0 Å². The maximum absolute atomic E-state index is 12.7. The van der Waals surface area contributed by atoms with E-state index in [1.54, 1.807) is 0 Å². The Balaban J connectivity index is 4.44. The minimum Gasteiger partial charge on any atom is -0.462 e. The zero-order chi connectivity index (χ0) is 42.3. The average molecular weight is 809 g/mol. The summed E-state index contributed by atoms with van der Waals surface area (Å²) in [5, 5.41) is 0. The number of rotatable bonds is 42. The SMILES string of the molecule is CC/C=C\C/C=C\C/C=C\C/C=C\CCC(=O)OC(COC(=O)CCCCCCCCC/C=C\C/C=C\CCCCC)COC(=O)CCCCCCCCCCCC. The van der Waals surface area contributed by atoms with E-state index < -0.39 is 12.1 Å². The molecule has 0 heterocycles. The average Bonchev–Trinajstić information content (AvgIpc) is 3.22. The molecule has 0 aromatic rings. The van der Waals surface area contributed by atoms with Gasteiger partial charge in [-0.25, -0.2) is 0 Å². The standard InChI is InChI=1S/C52H88O6/c1-4-7-10-13-16-19-22-24-25-26-27-29-30-33-36-39-42-45-51(54)57-48-49(47-56-50(53)44-41-38-35-32-21-18-15-12-9-6-3)58-52(55)46-43-40-37-34-31-28-23-20-17-14-11-8-5-2/h8,11,16-17,19-20,24-25,28,31,37,40,49H,4-7,9-10,12-15,18,21-23,26-27,29-30,32-36,38-39,41-48H2,1-3H3/b11-8-,19-16-,20-17-,25-24-,31-28-,40-37-. The van der Waals surface area contributed by atoms with E-state index in [9.17, 15) is 14.4 Å². The van der Waals surface area contributed by atoms with E-state index >= 15 is 0 Å². The molecular weight excluding hydrogens is 721 g/mol. The summed E-state index contributed by atoms with van der Waals surface area (Å²) in [6, 6.07) is 0. The Morgan fingerprint density at radius 2 is 0.707 bits per heavy atom. The van der Waals surface area contributed by atoms with E-state index in [2.05, 4.69) is 81.5 Å². The minimum absolute atomic E-state index is 0.106. The third-order valence-electron chi connectivity index (χ3n) is 9.96. The lowest BCUT2D eigenvalue weighted by molar-refractivity contribution is -0.166. The third-order valence-corrected chi connectivity index (χ3v) is 9.96. The van der Waals surface area contributed by atoms with Crippen LogP contribution >= 0.6 is 0 Å². The largest absolute Gasteiger partial charge is 0.462 e. The third kappa shape index (κ3) is 44.0. The fourth-order valence-corrected chi connectivity index (χ4v) is 6.37. The minimum atomic E-state index is -0.813. The second-order valence-corrected chi connectivity index (χ2v) is 15.6. The molecule has 332 valence electrons. The van der Waals surface area contributed by atoms with E-state index in [0.29, 0.717) is 19.3 Å². The summed E-state index contributed by atoms with van der Waals surface area (Å²) in [6.45, 7) is 6.40. The maximum atomic E-state index is 12.7. The van der Waals surface area contributed by atoms with Gasteiger partial charge in [0.15, 0.2) is 6.10 Å². The van der Waals surface area contributed by atoms with Crippen LogP contribution in [0.2, 0.25) is 0 Å². The number of ether oxygens (including phenoxy) is 3. The Labute approximate surface area is 357 Å². The number of allylic oxidation sites excluding steroid dienone is 12. The van der Waals surface area contributed by atoms with Gasteiger partial charge >= 0.3 is 17.9 Å². The van der Waals surface area contributed by atoms with Crippen molar-refractivity contribution >= 4 is 17.9 Å². The van der Waals surface area contributed by atoms with Gasteiger partial charge in [-0.15, -0.1) is 0 Å². The summed E-state index contributed by atoms with van der Waals surface area (Å²) in [6.07, 6.45) is 57.5. The van der Waals surface area contributed by atoms with E-state index in [0.717, 1.165) is 77.0 Å². The van der Waals surface area contributed by atoms with Crippen molar-refractivity contribution in [2.24, 2.45) is 0 Å². The zero-order valence-electron chi connectivity index (χ0n) is 37.8. The van der Waals surface area contributed by atoms with Crippen LogP contribution in [0.1, 0.15) is 220 Å². The van der Waals surface area contributed by atoms with Crippen LogP contribution in [-0.4, -0.2) is 37.2 Å². The Morgan fingerprint density at radius 3 is 1.16 bits per heavy atom. The molecule has 1 atom stereocenters. The van der Waals surface area contributed by atoms with Gasteiger partial charge in [-0.05, 0) is 77.0 Å².